The Bertz CT molecular complexity index is 718. The smallest absolute Gasteiger partial charge is 0.299 e. The number of anilines is 1. The van der Waals surface area contributed by atoms with Crippen molar-refractivity contribution in [2.24, 2.45) is 5.92 Å². The highest BCUT2D eigenvalue weighted by molar-refractivity contribution is 6.52. The Hall–Kier alpha value is -2.43. The Morgan fingerprint density at radius 2 is 1.95 bits per heavy atom. The number of carbonyl (C=O) groups is 2. The van der Waals surface area contributed by atoms with Gasteiger partial charge in [0, 0.05) is 12.7 Å². The number of carbonyl (C=O) groups excluding carboxylic acids is 2. The molecule has 5 nitrogen and oxygen atoms in total. The van der Waals surface area contributed by atoms with Crippen molar-refractivity contribution in [1.82, 2.24) is 9.55 Å². The molecule has 0 spiro atoms. The fourth-order valence-corrected chi connectivity index (χ4v) is 2.58. The van der Waals surface area contributed by atoms with Gasteiger partial charge in [-0.2, -0.15) is 0 Å². The molecule has 1 aliphatic rings. The first-order chi connectivity index (χ1) is 10.6. The van der Waals surface area contributed by atoms with Crippen LogP contribution in [0.4, 0.5) is 5.69 Å². The minimum Gasteiger partial charge on any atom is -0.337 e. The summed E-state index contributed by atoms with van der Waals surface area (Å²) >= 11 is 0. The molecule has 0 atom stereocenters. The zero-order valence-electron chi connectivity index (χ0n) is 12.8. The molecule has 1 amide bonds. The maximum atomic E-state index is 12.1. The number of rotatable bonds is 5. The van der Waals surface area contributed by atoms with Crippen LogP contribution in [0, 0.1) is 5.92 Å². The van der Waals surface area contributed by atoms with Crippen LogP contribution in [0.15, 0.2) is 36.8 Å². The molecule has 1 aromatic carbocycles. The van der Waals surface area contributed by atoms with Crippen LogP contribution < -0.4 is 4.90 Å². The number of fused-ring (bicyclic) bond motifs is 1. The molecule has 0 saturated carbocycles. The molecule has 2 heterocycles. The van der Waals surface area contributed by atoms with E-state index in [1.165, 1.54) is 4.90 Å². The molecule has 1 aromatic heterocycles. The fraction of sp³-hybridized carbons (Fsp3) is 0.353. The standard InChI is InChI=1S/C17H19N3O2/c1-12(2)7-8-19-9-13(18-11-19)10-20-15-6-4-3-5-14(15)16(21)17(20)22/h3-6,9,11-12H,7-8,10H2,1-2H3. The van der Waals surface area contributed by atoms with E-state index in [9.17, 15) is 9.59 Å². The van der Waals surface area contributed by atoms with Crippen molar-refractivity contribution in [2.45, 2.75) is 33.4 Å². The zero-order valence-corrected chi connectivity index (χ0v) is 12.8. The predicted octanol–water partition coefficient (Wildman–Crippen LogP) is 2.66. The summed E-state index contributed by atoms with van der Waals surface area (Å²) in [4.78, 5) is 29.9. The zero-order chi connectivity index (χ0) is 15.7. The number of nitrogens with zero attached hydrogens (tertiary/aromatic N) is 3. The van der Waals surface area contributed by atoms with Crippen LogP contribution in [0.1, 0.15) is 36.3 Å². The number of aryl methyl sites for hydroxylation is 1. The molecule has 114 valence electrons. The van der Waals surface area contributed by atoms with Crippen molar-refractivity contribution in [3.8, 4) is 0 Å². The maximum Gasteiger partial charge on any atom is 0.299 e. The van der Waals surface area contributed by atoms with E-state index in [4.69, 9.17) is 0 Å². The van der Waals surface area contributed by atoms with Gasteiger partial charge < -0.3 is 4.57 Å². The van der Waals surface area contributed by atoms with Crippen molar-refractivity contribution < 1.29 is 9.59 Å². The molecule has 0 N–H and O–H groups in total. The van der Waals surface area contributed by atoms with Crippen LogP contribution >= 0.6 is 0 Å². The normalized spacial score (nSPS) is 14.0. The van der Waals surface area contributed by atoms with Crippen LogP contribution in [0.2, 0.25) is 0 Å². The fourth-order valence-electron chi connectivity index (χ4n) is 2.58. The quantitative estimate of drug-likeness (QED) is 0.797. The number of amides is 1. The first kappa shape index (κ1) is 14.5. The molecule has 0 unspecified atom stereocenters. The minimum atomic E-state index is -0.474. The lowest BCUT2D eigenvalue weighted by Crippen LogP contribution is -2.29. The van der Waals surface area contributed by atoms with E-state index in [1.807, 2.05) is 16.8 Å². The van der Waals surface area contributed by atoms with E-state index in [0.717, 1.165) is 18.7 Å². The summed E-state index contributed by atoms with van der Waals surface area (Å²) < 4.78 is 2.03. The van der Waals surface area contributed by atoms with Gasteiger partial charge in [-0.25, -0.2) is 4.98 Å². The van der Waals surface area contributed by atoms with Gasteiger partial charge in [0.05, 0.1) is 29.8 Å². The third-order valence-electron chi connectivity index (χ3n) is 3.85. The van der Waals surface area contributed by atoms with Gasteiger partial charge in [-0.15, -0.1) is 0 Å². The third-order valence-corrected chi connectivity index (χ3v) is 3.85. The number of para-hydroxylation sites is 1. The summed E-state index contributed by atoms with van der Waals surface area (Å²) in [5, 5.41) is 0. The lowest BCUT2D eigenvalue weighted by molar-refractivity contribution is -0.114. The molecule has 2 aromatic rings. The number of aromatic nitrogens is 2. The van der Waals surface area contributed by atoms with Crippen LogP contribution in [0.25, 0.3) is 0 Å². The van der Waals surface area contributed by atoms with Gasteiger partial charge in [-0.1, -0.05) is 26.0 Å². The number of hydrogen-bond donors (Lipinski definition) is 0. The van der Waals surface area contributed by atoms with Crippen LogP contribution in [-0.2, 0) is 17.9 Å². The molecule has 0 radical (unpaired) electrons. The first-order valence-corrected chi connectivity index (χ1v) is 7.52. The molecular formula is C17H19N3O2. The lowest BCUT2D eigenvalue weighted by Gasteiger charge is -2.14. The average Bonchev–Trinajstić information content (AvgIpc) is 3.05. The molecule has 5 heteroatoms. The number of benzene rings is 1. The van der Waals surface area contributed by atoms with Gasteiger partial charge in [0.25, 0.3) is 11.7 Å². The molecule has 22 heavy (non-hydrogen) atoms. The Kier molecular flexibility index (Phi) is 3.79. The van der Waals surface area contributed by atoms with Gasteiger partial charge in [-0.05, 0) is 24.5 Å². The molecule has 0 fully saturated rings. The summed E-state index contributed by atoms with van der Waals surface area (Å²) in [7, 11) is 0. The largest absolute Gasteiger partial charge is 0.337 e. The highest BCUT2D eigenvalue weighted by Crippen LogP contribution is 2.29. The molecule has 3 rings (SSSR count). The van der Waals surface area contributed by atoms with E-state index in [1.54, 1.807) is 24.5 Å². The van der Waals surface area contributed by atoms with E-state index in [0.29, 0.717) is 23.7 Å². The number of ketones is 1. The van der Waals surface area contributed by atoms with Gasteiger partial charge in [0.15, 0.2) is 0 Å². The third kappa shape index (κ3) is 2.66. The van der Waals surface area contributed by atoms with Crippen molar-refractivity contribution >= 4 is 17.4 Å². The maximum absolute atomic E-state index is 12.1. The van der Waals surface area contributed by atoms with E-state index < -0.39 is 11.7 Å². The highest BCUT2D eigenvalue weighted by atomic mass is 16.2. The molecule has 0 saturated heterocycles. The highest BCUT2D eigenvalue weighted by Gasteiger charge is 2.35. The van der Waals surface area contributed by atoms with Gasteiger partial charge in [0.2, 0.25) is 0 Å². The second-order valence-electron chi connectivity index (χ2n) is 6.02. The Labute approximate surface area is 129 Å². The topological polar surface area (TPSA) is 55.2 Å². The van der Waals surface area contributed by atoms with Gasteiger partial charge in [-0.3, -0.25) is 14.5 Å². The summed E-state index contributed by atoms with van der Waals surface area (Å²) in [5.74, 6) is -0.275. The van der Waals surface area contributed by atoms with E-state index in [-0.39, 0.29) is 0 Å². The summed E-state index contributed by atoms with van der Waals surface area (Å²) in [6.45, 7) is 5.61. The molecule has 0 aliphatic carbocycles. The summed E-state index contributed by atoms with van der Waals surface area (Å²) in [6, 6.07) is 7.10. The molecule has 1 aliphatic heterocycles. The van der Waals surface area contributed by atoms with Crippen LogP contribution in [-0.4, -0.2) is 21.2 Å². The van der Waals surface area contributed by atoms with Crippen LogP contribution in [0.3, 0.4) is 0 Å². The number of hydrogen-bond acceptors (Lipinski definition) is 3. The second kappa shape index (κ2) is 5.75. The van der Waals surface area contributed by atoms with E-state index in [2.05, 4.69) is 18.8 Å². The molecular weight excluding hydrogens is 278 g/mol. The number of imidazole rings is 1. The van der Waals surface area contributed by atoms with E-state index >= 15 is 0 Å². The lowest BCUT2D eigenvalue weighted by atomic mass is 10.1. The van der Waals surface area contributed by atoms with Crippen molar-refractivity contribution in [3.05, 3.63) is 48.0 Å². The Morgan fingerprint density at radius 3 is 2.73 bits per heavy atom. The van der Waals surface area contributed by atoms with Crippen molar-refractivity contribution in [3.63, 3.8) is 0 Å². The first-order valence-electron chi connectivity index (χ1n) is 7.52. The Balaban J connectivity index is 1.76. The summed E-state index contributed by atoms with van der Waals surface area (Å²) in [6.07, 6.45) is 4.81. The van der Waals surface area contributed by atoms with Crippen LogP contribution in [0.5, 0.6) is 0 Å². The monoisotopic (exact) mass is 297 g/mol. The predicted molar refractivity (Wildman–Crippen MR) is 83.6 cm³/mol. The summed E-state index contributed by atoms with van der Waals surface area (Å²) in [5.41, 5.74) is 1.95. The SMILES string of the molecule is CC(C)CCn1cnc(CN2C(=O)C(=O)c3ccccc32)c1. The van der Waals surface area contributed by atoms with Crippen molar-refractivity contribution in [1.29, 1.82) is 0 Å². The average molecular weight is 297 g/mol. The van der Waals surface area contributed by atoms with Gasteiger partial charge >= 0.3 is 0 Å². The van der Waals surface area contributed by atoms with Gasteiger partial charge in [0.1, 0.15) is 0 Å². The molecule has 0 bridgehead atoms. The Morgan fingerprint density at radius 1 is 1.18 bits per heavy atom. The second-order valence-corrected chi connectivity index (χ2v) is 6.02. The van der Waals surface area contributed by atoms with Crippen molar-refractivity contribution in [2.75, 3.05) is 4.90 Å². The minimum absolute atomic E-state index is 0.330. The number of Topliss-reactive ketones (excluding diaryl/α,β-unsaturated/α-hetero) is 1.